The molecule has 0 bridgehead atoms. The van der Waals surface area contributed by atoms with Crippen molar-refractivity contribution >= 4 is 5.91 Å². The lowest BCUT2D eigenvalue weighted by Crippen LogP contribution is -2.44. The minimum Gasteiger partial charge on any atom is -0.374 e. The molecule has 2 N–H and O–H groups in total. The number of carbonyl (C=O) groups is 1. The SMILES string of the molecule is CC1CCCC(CN)(OCCCC(=O)N(C)C)C1. The van der Waals surface area contributed by atoms with E-state index in [-0.39, 0.29) is 11.5 Å². The van der Waals surface area contributed by atoms with Crippen molar-refractivity contribution in [1.29, 1.82) is 0 Å². The molecule has 0 aromatic rings. The van der Waals surface area contributed by atoms with Crippen LogP contribution in [0.4, 0.5) is 0 Å². The van der Waals surface area contributed by atoms with Gasteiger partial charge < -0.3 is 15.4 Å². The molecule has 2 unspecified atom stereocenters. The molecule has 4 nitrogen and oxygen atoms in total. The van der Waals surface area contributed by atoms with Crippen molar-refractivity contribution in [2.45, 2.75) is 51.0 Å². The fraction of sp³-hybridized carbons (Fsp3) is 0.929. The Bertz CT molecular complexity index is 269. The zero-order chi connectivity index (χ0) is 13.6. The van der Waals surface area contributed by atoms with Gasteiger partial charge in [-0.25, -0.2) is 0 Å². The van der Waals surface area contributed by atoms with E-state index in [1.54, 1.807) is 19.0 Å². The maximum atomic E-state index is 11.4. The topological polar surface area (TPSA) is 55.6 Å². The van der Waals surface area contributed by atoms with Gasteiger partial charge in [0.15, 0.2) is 0 Å². The summed E-state index contributed by atoms with van der Waals surface area (Å²) in [7, 11) is 3.57. The van der Waals surface area contributed by atoms with Crippen LogP contribution in [0.1, 0.15) is 45.4 Å². The summed E-state index contributed by atoms with van der Waals surface area (Å²) in [5.41, 5.74) is 5.76. The lowest BCUT2D eigenvalue weighted by atomic mass is 9.79. The van der Waals surface area contributed by atoms with Crippen molar-refractivity contribution in [3.63, 3.8) is 0 Å². The fourth-order valence-electron chi connectivity index (χ4n) is 2.72. The van der Waals surface area contributed by atoms with Crippen LogP contribution in [-0.4, -0.2) is 43.7 Å². The van der Waals surface area contributed by atoms with Crippen LogP contribution in [0.5, 0.6) is 0 Å². The van der Waals surface area contributed by atoms with E-state index >= 15 is 0 Å². The first kappa shape index (κ1) is 15.4. The smallest absolute Gasteiger partial charge is 0.222 e. The van der Waals surface area contributed by atoms with Crippen LogP contribution >= 0.6 is 0 Å². The molecule has 1 aliphatic carbocycles. The van der Waals surface area contributed by atoms with E-state index in [4.69, 9.17) is 10.5 Å². The van der Waals surface area contributed by atoms with E-state index in [1.807, 2.05) is 0 Å². The molecular weight excluding hydrogens is 228 g/mol. The van der Waals surface area contributed by atoms with Gasteiger partial charge in [-0.3, -0.25) is 4.79 Å². The maximum Gasteiger partial charge on any atom is 0.222 e. The molecule has 0 aliphatic heterocycles. The molecule has 0 aromatic heterocycles. The van der Waals surface area contributed by atoms with E-state index in [9.17, 15) is 4.79 Å². The first-order valence-corrected chi connectivity index (χ1v) is 7.03. The number of hydrogen-bond donors (Lipinski definition) is 1. The Kier molecular flexibility index (Phi) is 6.09. The monoisotopic (exact) mass is 256 g/mol. The van der Waals surface area contributed by atoms with Gasteiger partial charge in [0, 0.05) is 33.7 Å². The van der Waals surface area contributed by atoms with Gasteiger partial charge >= 0.3 is 0 Å². The summed E-state index contributed by atoms with van der Waals surface area (Å²) in [5.74, 6) is 0.864. The molecule has 1 aliphatic rings. The molecule has 0 aromatic carbocycles. The third-order valence-corrected chi connectivity index (χ3v) is 3.86. The zero-order valence-electron chi connectivity index (χ0n) is 12.1. The van der Waals surface area contributed by atoms with Crippen molar-refractivity contribution < 1.29 is 9.53 Å². The second-order valence-corrected chi connectivity index (χ2v) is 5.83. The van der Waals surface area contributed by atoms with Gasteiger partial charge in [-0.05, 0) is 25.2 Å². The summed E-state index contributed by atoms with van der Waals surface area (Å²) in [6.45, 7) is 3.50. The summed E-state index contributed by atoms with van der Waals surface area (Å²) >= 11 is 0. The molecule has 0 radical (unpaired) electrons. The minimum atomic E-state index is -0.126. The first-order chi connectivity index (χ1) is 8.49. The Morgan fingerprint density at radius 2 is 2.22 bits per heavy atom. The summed E-state index contributed by atoms with van der Waals surface area (Å²) in [6.07, 6.45) is 5.95. The van der Waals surface area contributed by atoms with Crippen LogP contribution in [0.2, 0.25) is 0 Å². The van der Waals surface area contributed by atoms with Gasteiger partial charge in [-0.15, -0.1) is 0 Å². The van der Waals surface area contributed by atoms with Gasteiger partial charge in [-0.2, -0.15) is 0 Å². The molecule has 1 amide bonds. The predicted molar refractivity (Wildman–Crippen MR) is 73.3 cm³/mol. The Hall–Kier alpha value is -0.610. The highest BCUT2D eigenvalue weighted by atomic mass is 16.5. The van der Waals surface area contributed by atoms with Crippen LogP contribution < -0.4 is 5.73 Å². The molecule has 1 fully saturated rings. The van der Waals surface area contributed by atoms with Crippen molar-refractivity contribution in [3.05, 3.63) is 0 Å². The van der Waals surface area contributed by atoms with Crippen molar-refractivity contribution in [2.75, 3.05) is 27.2 Å². The maximum absolute atomic E-state index is 11.4. The van der Waals surface area contributed by atoms with Crippen molar-refractivity contribution in [1.82, 2.24) is 4.90 Å². The van der Waals surface area contributed by atoms with Crippen LogP contribution in [0.25, 0.3) is 0 Å². The standard InChI is InChI=1S/C14H28N2O2/c1-12-6-4-8-14(10-12,11-15)18-9-5-7-13(17)16(2)3/h12H,4-11,15H2,1-3H3. The number of nitrogens with zero attached hydrogens (tertiary/aromatic N) is 1. The highest BCUT2D eigenvalue weighted by molar-refractivity contribution is 5.75. The highest BCUT2D eigenvalue weighted by Crippen LogP contribution is 2.34. The summed E-state index contributed by atoms with van der Waals surface area (Å²) in [6, 6.07) is 0. The predicted octanol–water partition coefficient (Wildman–Crippen LogP) is 1.78. The van der Waals surface area contributed by atoms with E-state index in [1.165, 1.54) is 12.8 Å². The molecule has 2 atom stereocenters. The second-order valence-electron chi connectivity index (χ2n) is 5.83. The third-order valence-electron chi connectivity index (χ3n) is 3.86. The normalized spacial score (nSPS) is 28.1. The molecule has 4 heteroatoms. The van der Waals surface area contributed by atoms with E-state index in [2.05, 4.69) is 6.92 Å². The Balaban J connectivity index is 2.29. The lowest BCUT2D eigenvalue weighted by molar-refractivity contribution is -0.129. The average molecular weight is 256 g/mol. The molecule has 0 spiro atoms. The number of amides is 1. The van der Waals surface area contributed by atoms with Crippen LogP contribution in [0.15, 0.2) is 0 Å². The Morgan fingerprint density at radius 1 is 1.50 bits per heavy atom. The molecule has 0 saturated heterocycles. The summed E-state index contributed by atoms with van der Waals surface area (Å²) in [5, 5.41) is 0. The van der Waals surface area contributed by atoms with Crippen LogP contribution in [-0.2, 0) is 9.53 Å². The molecule has 1 saturated carbocycles. The van der Waals surface area contributed by atoms with Gasteiger partial charge in [0.1, 0.15) is 0 Å². The zero-order valence-corrected chi connectivity index (χ0v) is 12.1. The number of nitrogens with two attached hydrogens (primary N) is 1. The van der Waals surface area contributed by atoms with Crippen molar-refractivity contribution in [3.8, 4) is 0 Å². The number of rotatable bonds is 6. The summed E-state index contributed by atoms with van der Waals surface area (Å²) in [4.78, 5) is 13.1. The minimum absolute atomic E-state index is 0.126. The quantitative estimate of drug-likeness (QED) is 0.737. The lowest BCUT2D eigenvalue weighted by Gasteiger charge is -2.39. The molecule has 18 heavy (non-hydrogen) atoms. The van der Waals surface area contributed by atoms with Crippen molar-refractivity contribution in [2.24, 2.45) is 11.7 Å². The number of carbonyl (C=O) groups excluding carboxylic acids is 1. The number of hydrogen-bond acceptors (Lipinski definition) is 3. The molecule has 106 valence electrons. The molecular formula is C14H28N2O2. The van der Waals surface area contributed by atoms with Gasteiger partial charge in [0.25, 0.3) is 0 Å². The van der Waals surface area contributed by atoms with Gasteiger partial charge in [-0.1, -0.05) is 19.8 Å². The Labute approximate surface area is 111 Å². The van der Waals surface area contributed by atoms with Crippen LogP contribution in [0, 0.1) is 5.92 Å². The average Bonchev–Trinajstić information content (AvgIpc) is 2.34. The van der Waals surface area contributed by atoms with E-state index < -0.39 is 0 Å². The molecule has 1 rings (SSSR count). The van der Waals surface area contributed by atoms with Gasteiger partial charge in [0.2, 0.25) is 5.91 Å². The first-order valence-electron chi connectivity index (χ1n) is 7.03. The fourth-order valence-corrected chi connectivity index (χ4v) is 2.72. The van der Waals surface area contributed by atoms with E-state index in [0.717, 1.165) is 19.3 Å². The van der Waals surface area contributed by atoms with E-state index in [0.29, 0.717) is 25.5 Å². The third kappa shape index (κ3) is 4.58. The number of ether oxygens (including phenoxy) is 1. The Morgan fingerprint density at radius 3 is 2.78 bits per heavy atom. The summed E-state index contributed by atoms with van der Waals surface area (Å²) < 4.78 is 6.02. The molecule has 0 heterocycles. The van der Waals surface area contributed by atoms with Gasteiger partial charge in [0.05, 0.1) is 5.60 Å². The largest absolute Gasteiger partial charge is 0.374 e. The second kappa shape index (κ2) is 7.10. The van der Waals surface area contributed by atoms with Crippen LogP contribution in [0.3, 0.4) is 0 Å². The highest BCUT2D eigenvalue weighted by Gasteiger charge is 2.34.